The summed E-state index contributed by atoms with van der Waals surface area (Å²) in [5.41, 5.74) is -0.270. The van der Waals surface area contributed by atoms with E-state index in [9.17, 15) is 9.18 Å². The molecule has 0 aliphatic rings. The molecule has 17 heavy (non-hydrogen) atoms. The van der Waals surface area contributed by atoms with Crippen LogP contribution in [0.15, 0.2) is 22.7 Å². The molecule has 0 aliphatic carbocycles. The van der Waals surface area contributed by atoms with Gasteiger partial charge >= 0.3 is 5.97 Å². The summed E-state index contributed by atoms with van der Waals surface area (Å²) in [5, 5.41) is 9.09. The third-order valence-corrected chi connectivity index (χ3v) is 3.80. The van der Waals surface area contributed by atoms with Crippen LogP contribution in [0.2, 0.25) is 0 Å². The second-order valence-corrected chi connectivity index (χ2v) is 5.23. The summed E-state index contributed by atoms with van der Waals surface area (Å²) in [4.78, 5) is 12.7. The molecule has 0 atom stereocenters. The Morgan fingerprint density at radius 3 is 2.65 bits per heavy atom. The van der Waals surface area contributed by atoms with Gasteiger partial charge in [-0.3, -0.25) is 9.69 Å². The van der Waals surface area contributed by atoms with Crippen molar-refractivity contribution in [1.82, 2.24) is 4.90 Å². The van der Waals surface area contributed by atoms with Gasteiger partial charge in [0.1, 0.15) is 11.4 Å². The third kappa shape index (κ3) is 3.04. The predicted octanol–water partition coefficient (Wildman–Crippen LogP) is 2.88. The lowest BCUT2D eigenvalue weighted by Crippen LogP contribution is -2.47. The largest absolute Gasteiger partial charge is 0.480 e. The Labute approximate surface area is 108 Å². The van der Waals surface area contributed by atoms with Gasteiger partial charge in [-0.1, -0.05) is 12.1 Å². The average Bonchev–Trinajstić information content (AvgIpc) is 2.24. The number of benzene rings is 1. The van der Waals surface area contributed by atoms with Crippen molar-refractivity contribution in [2.24, 2.45) is 0 Å². The van der Waals surface area contributed by atoms with Crippen molar-refractivity contribution in [3.63, 3.8) is 0 Å². The average molecular weight is 304 g/mol. The second kappa shape index (κ2) is 5.14. The number of aliphatic carboxylic acids is 1. The Hall–Kier alpha value is -0.940. The van der Waals surface area contributed by atoms with Crippen molar-refractivity contribution in [1.29, 1.82) is 0 Å². The molecular weight excluding hydrogens is 289 g/mol. The molecule has 94 valence electrons. The van der Waals surface area contributed by atoms with Crippen LogP contribution in [0.4, 0.5) is 4.39 Å². The number of carboxylic acids is 1. The molecule has 0 heterocycles. The number of nitrogens with zero attached hydrogens (tertiary/aromatic N) is 1. The van der Waals surface area contributed by atoms with Crippen molar-refractivity contribution < 1.29 is 14.3 Å². The van der Waals surface area contributed by atoms with E-state index in [0.29, 0.717) is 11.0 Å². The van der Waals surface area contributed by atoms with Crippen LogP contribution in [0, 0.1) is 5.82 Å². The highest BCUT2D eigenvalue weighted by molar-refractivity contribution is 9.10. The van der Waals surface area contributed by atoms with Gasteiger partial charge in [0.15, 0.2) is 0 Å². The lowest BCUT2D eigenvalue weighted by molar-refractivity contribution is -0.148. The molecule has 1 aromatic carbocycles. The lowest BCUT2D eigenvalue weighted by Gasteiger charge is -2.31. The first-order valence-electron chi connectivity index (χ1n) is 5.14. The fraction of sp³-hybridized carbons (Fsp3) is 0.417. The van der Waals surface area contributed by atoms with E-state index >= 15 is 0 Å². The van der Waals surface area contributed by atoms with E-state index in [4.69, 9.17) is 5.11 Å². The van der Waals surface area contributed by atoms with Gasteiger partial charge < -0.3 is 5.11 Å². The summed E-state index contributed by atoms with van der Waals surface area (Å²) in [7, 11) is 1.70. The van der Waals surface area contributed by atoms with Gasteiger partial charge in [0.25, 0.3) is 0 Å². The molecule has 0 radical (unpaired) electrons. The molecule has 0 amide bonds. The number of hydrogen-bond donors (Lipinski definition) is 1. The molecule has 3 nitrogen and oxygen atoms in total. The van der Waals surface area contributed by atoms with E-state index in [1.54, 1.807) is 37.9 Å². The van der Waals surface area contributed by atoms with Gasteiger partial charge in [-0.2, -0.15) is 0 Å². The topological polar surface area (TPSA) is 40.5 Å². The molecule has 0 spiro atoms. The zero-order valence-electron chi connectivity index (χ0n) is 10.00. The molecule has 1 rings (SSSR count). The van der Waals surface area contributed by atoms with Crippen LogP contribution in [0.5, 0.6) is 0 Å². The summed E-state index contributed by atoms with van der Waals surface area (Å²) >= 11 is 3.16. The molecule has 0 unspecified atom stereocenters. The smallest absolute Gasteiger partial charge is 0.323 e. The first-order valence-corrected chi connectivity index (χ1v) is 5.93. The normalized spacial score (nSPS) is 11.9. The van der Waals surface area contributed by atoms with Gasteiger partial charge in [-0.25, -0.2) is 4.39 Å². The van der Waals surface area contributed by atoms with E-state index in [1.165, 1.54) is 6.07 Å². The van der Waals surface area contributed by atoms with E-state index < -0.39 is 11.5 Å². The first-order chi connectivity index (χ1) is 7.76. The molecule has 1 N–H and O–H groups in total. The molecule has 0 aromatic heterocycles. The molecule has 5 heteroatoms. The first kappa shape index (κ1) is 14.1. The van der Waals surface area contributed by atoms with Crippen LogP contribution in [0.3, 0.4) is 0 Å². The van der Waals surface area contributed by atoms with Crippen LogP contribution in [-0.2, 0) is 11.3 Å². The van der Waals surface area contributed by atoms with Crippen molar-refractivity contribution in [2.75, 3.05) is 7.05 Å². The maximum absolute atomic E-state index is 13.3. The highest BCUT2D eigenvalue weighted by atomic mass is 79.9. The van der Waals surface area contributed by atoms with E-state index in [2.05, 4.69) is 15.9 Å². The molecule has 0 saturated carbocycles. The Morgan fingerprint density at radius 2 is 2.12 bits per heavy atom. The van der Waals surface area contributed by atoms with E-state index in [-0.39, 0.29) is 5.82 Å². The third-order valence-electron chi connectivity index (χ3n) is 2.92. The van der Waals surface area contributed by atoms with Gasteiger partial charge in [-0.15, -0.1) is 0 Å². The van der Waals surface area contributed by atoms with Gasteiger partial charge in [0.05, 0.1) is 4.47 Å². The zero-order valence-corrected chi connectivity index (χ0v) is 11.6. The van der Waals surface area contributed by atoms with Crippen LogP contribution < -0.4 is 0 Å². The summed E-state index contributed by atoms with van der Waals surface area (Å²) in [6.45, 7) is 3.59. The Morgan fingerprint density at radius 1 is 1.53 bits per heavy atom. The summed E-state index contributed by atoms with van der Waals surface area (Å²) in [6.07, 6.45) is 0. The van der Waals surface area contributed by atoms with Crippen LogP contribution >= 0.6 is 15.9 Å². The molecule has 0 bridgehead atoms. The Bertz CT molecular complexity index is 435. The Balaban J connectivity index is 2.92. The SMILES string of the molecule is CN(Cc1cccc(F)c1Br)C(C)(C)C(=O)O. The monoisotopic (exact) mass is 303 g/mol. The highest BCUT2D eigenvalue weighted by Crippen LogP contribution is 2.24. The number of hydrogen-bond acceptors (Lipinski definition) is 2. The quantitative estimate of drug-likeness (QED) is 0.930. The van der Waals surface area contributed by atoms with E-state index in [0.717, 1.165) is 5.56 Å². The van der Waals surface area contributed by atoms with Gasteiger partial charge in [-0.05, 0) is 48.5 Å². The number of carbonyl (C=O) groups is 1. The lowest BCUT2D eigenvalue weighted by atomic mass is 10.0. The summed E-state index contributed by atoms with van der Waals surface area (Å²) in [6, 6.07) is 4.73. The van der Waals surface area contributed by atoms with Crippen LogP contribution in [-0.4, -0.2) is 28.6 Å². The standard InChI is InChI=1S/C12H15BrFNO2/c1-12(2,11(16)17)15(3)7-8-5-4-6-9(14)10(8)13/h4-6H,7H2,1-3H3,(H,16,17). The fourth-order valence-electron chi connectivity index (χ4n) is 1.29. The molecule has 0 fully saturated rings. The minimum absolute atomic E-state index is 0.343. The summed E-state index contributed by atoms with van der Waals surface area (Å²) in [5.74, 6) is -1.25. The van der Waals surface area contributed by atoms with Crippen molar-refractivity contribution in [2.45, 2.75) is 25.9 Å². The number of halogens is 2. The molecular formula is C12H15BrFNO2. The predicted molar refractivity (Wildman–Crippen MR) is 67.3 cm³/mol. The molecule has 1 aromatic rings. The number of rotatable bonds is 4. The van der Waals surface area contributed by atoms with Crippen LogP contribution in [0.1, 0.15) is 19.4 Å². The minimum Gasteiger partial charge on any atom is -0.480 e. The van der Waals surface area contributed by atoms with Crippen molar-refractivity contribution in [3.05, 3.63) is 34.1 Å². The fourth-order valence-corrected chi connectivity index (χ4v) is 1.68. The highest BCUT2D eigenvalue weighted by Gasteiger charge is 2.32. The summed E-state index contributed by atoms with van der Waals surface area (Å²) < 4.78 is 13.7. The van der Waals surface area contributed by atoms with E-state index in [1.807, 2.05) is 0 Å². The molecule has 0 aliphatic heterocycles. The maximum atomic E-state index is 13.3. The van der Waals surface area contributed by atoms with Crippen LogP contribution in [0.25, 0.3) is 0 Å². The van der Waals surface area contributed by atoms with Gasteiger partial charge in [0.2, 0.25) is 0 Å². The maximum Gasteiger partial charge on any atom is 0.323 e. The second-order valence-electron chi connectivity index (χ2n) is 4.43. The van der Waals surface area contributed by atoms with Gasteiger partial charge in [0, 0.05) is 6.54 Å². The number of carboxylic acid groups (broad SMARTS) is 1. The van der Waals surface area contributed by atoms with Crippen molar-refractivity contribution >= 4 is 21.9 Å². The van der Waals surface area contributed by atoms with Crippen molar-refractivity contribution in [3.8, 4) is 0 Å². The number of likely N-dealkylation sites (N-methyl/N-ethyl adjacent to an activating group) is 1. The Kier molecular flexibility index (Phi) is 4.27. The minimum atomic E-state index is -0.994. The zero-order chi connectivity index (χ0) is 13.2. The molecule has 0 saturated heterocycles.